The van der Waals surface area contributed by atoms with Gasteiger partial charge in [-0.25, -0.2) is 4.79 Å². The second-order valence-corrected chi connectivity index (χ2v) is 8.79. The number of nitrogens with two attached hydrogens (primary N) is 1. The van der Waals surface area contributed by atoms with E-state index in [1.54, 1.807) is 0 Å². The Balaban J connectivity index is 1.40. The van der Waals surface area contributed by atoms with E-state index in [1.165, 1.54) is 5.56 Å². The van der Waals surface area contributed by atoms with Crippen molar-refractivity contribution in [1.29, 1.82) is 0 Å². The van der Waals surface area contributed by atoms with Gasteiger partial charge < -0.3 is 5.73 Å². The number of pyridine rings is 1. The number of fused-ring (bicyclic) bond motifs is 2. The zero-order chi connectivity index (χ0) is 23.1. The lowest BCUT2D eigenvalue weighted by molar-refractivity contribution is 0.100. The Bertz CT molecular complexity index is 1420. The molecule has 0 aliphatic carbocycles. The molecule has 1 atom stereocenters. The number of benzene rings is 2. The van der Waals surface area contributed by atoms with Crippen molar-refractivity contribution in [3.63, 3.8) is 0 Å². The number of amides is 1. The number of carbonyl (C=O) groups is 1. The van der Waals surface area contributed by atoms with Gasteiger partial charge in [-0.05, 0) is 56.6 Å². The maximum absolute atomic E-state index is 12.7. The molecule has 170 valence electrons. The number of nitrogens with zero attached hydrogens (tertiary/aromatic N) is 4. The van der Waals surface area contributed by atoms with Crippen molar-refractivity contribution in [1.82, 2.24) is 19.0 Å². The topological polar surface area (TPSA) is 86.1 Å². The largest absolute Gasteiger partial charge is 0.366 e. The minimum Gasteiger partial charge on any atom is -0.366 e. The first kappa shape index (κ1) is 21.4. The van der Waals surface area contributed by atoms with Crippen molar-refractivity contribution in [2.45, 2.75) is 45.8 Å². The Morgan fingerprint density at radius 3 is 2.58 bits per heavy atom. The van der Waals surface area contributed by atoms with Crippen LogP contribution in [0.4, 0.5) is 0 Å². The van der Waals surface area contributed by atoms with Crippen LogP contribution < -0.4 is 11.4 Å². The highest BCUT2D eigenvalue weighted by Gasteiger charge is 2.26. The van der Waals surface area contributed by atoms with Crippen LogP contribution in [0.3, 0.4) is 0 Å². The molecule has 1 saturated heterocycles. The monoisotopic (exact) mass is 443 g/mol. The van der Waals surface area contributed by atoms with E-state index in [0.29, 0.717) is 18.7 Å². The number of aromatic nitrogens is 3. The normalized spacial score (nSPS) is 16.7. The lowest BCUT2D eigenvalue weighted by atomic mass is 9.99. The van der Waals surface area contributed by atoms with Crippen LogP contribution in [0.5, 0.6) is 0 Å². The van der Waals surface area contributed by atoms with Crippen molar-refractivity contribution in [2.24, 2.45) is 5.73 Å². The average Bonchev–Trinajstić information content (AvgIpc) is 3.39. The summed E-state index contributed by atoms with van der Waals surface area (Å²) >= 11 is 0. The zero-order valence-corrected chi connectivity index (χ0v) is 19.1. The van der Waals surface area contributed by atoms with Gasteiger partial charge in [0.2, 0.25) is 5.91 Å². The molecule has 0 spiro atoms. The first-order chi connectivity index (χ1) is 16.0. The van der Waals surface area contributed by atoms with E-state index in [1.807, 2.05) is 53.3 Å². The Morgan fingerprint density at radius 2 is 1.82 bits per heavy atom. The average molecular weight is 444 g/mol. The number of primary amides is 1. The number of hydrogen-bond acceptors (Lipinski definition) is 4. The molecule has 1 fully saturated rings. The summed E-state index contributed by atoms with van der Waals surface area (Å²) in [5.41, 5.74) is 11.2. The van der Waals surface area contributed by atoms with Gasteiger partial charge in [-0.1, -0.05) is 24.3 Å². The second-order valence-electron chi connectivity index (χ2n) is 8.79. The van der Waals surface area contributed by atoms with Crippen LogP contribution in [0.25, 0.3) is 21.9 Å². The fourth-order valence-corrected chi connectivity index (χ4v) is 5.16. The number of likely N-dealkylation sites (tertiary alicyclic amines) is 1. The second kappa shape index (κ2) is 8.48. The van der Waals surface area contributed by atoms with E-state index in [2.05, 4.69) is 23.1 Å². The fourth-order valence-electron chi connectivity index (χ4n) is 5.16. The Hall–Kier alpha value is -3.45. The van der Waals surface area contributed by atoms with Crippen molar-refractivity contribution in [3.8, 4) is 0 Å². The Labute approximate surface area is 192 Å². The minimum absolute atomic E-state index is 0.0565. The summed E-state index contributed by atoms with van der Waals surface area (Å²) in [5.74, 6) is -0.162. The number of carbonyl (C=O) groups excluding carboxylic acids is 1. The molecule has 7 heteroatoms. The molecule has 2 aromatic heterocycles. The van der Waals surface area contributed by atoms with Gasteiger partial charge in [-0.15, -0.1) is 0 Å². The highest BCUT2D eigenvalue weighted by atomic mass is 16.2. The predicted molar refractivity (Wildman–Crippen MR) is 130 cm³/mol. The molecular weight excluding hydrogens is 414 g/mol. The highest BCUT2D eigenvalue weighted by Crippen LogP contribution is 2.30. The maximum atomic E-state index is 12.7. The summed E-state index contributed by atoms with van der Waals surface area (Å²) < 4.78 is 3.68. The molecule has 0 bridgehead atoms. The van der Waals surface area contributed by atoms with Crippen LogP contribution in [-0.4, -0.2) is 38.0 Å². The molecule has 5 rings (SSSR count). The van der Waals surface area contributed by atoms with Gasteiger partial charge >= 0.3 is 5.69 Å². The number of para-hydroxylation sites is 1. The van der Waals surface area contributed by atoms with Crippen LogP contribution in [0.15, 0.2) is 53.3 Å². The minimum atomic E-state index is -0.418. The Morgan fingerprint density at radius 1 is 1.06 bits per heavy atom. The summed E-state index contributed by atoms with van der Waals surface area (Å²) in [6, 6.07) is 15.9. The zero-order valence-electron chi connectivity index (χ0n) is 19.1. The van der Waals surface area contributed by atoms with E-state index in [4.69, 9.17) is 10.7 Å². The third kappa shape index (κ3) is 3.72. The third-order valence-electron chi connectivity index (χ3n) is 6.81. The van der Waals surface area contributed by atoms with E-state index in [0.717, 1.165) is 53.7 Å². The number of aryl methyl sites for hydroxylation is 2. The number of rotatable bonds is 6. The van der Waals surface area contributed by atoms with Crippen LogP contribution in [0, 0.1) is 0 Å². The summed E-state index contributed by atoms with van der Waals surface area (Å²) in [7, 11) is 0. The molecule has 1 aliphatic rings. The van der Waals surface area contributed by atoms with Gasteiger partial charge in [0.25, 0.3) is 0 Å². The molecule has 3 heterocycles. The molecule has 1 amide bonds. The van der Waals surface area contributed by atoms with Crippen LogP contribution in [0.2, 0.25) is 0 Å². The van der Waals surface area contributed by atoms with Gasteiger partial charge in [0, 0.05) is 43.2 Å². The Kier molecular flexibility index (Phi) is 5.50. The SMILES string of the molecule is CCn1c(=O)n(CC)c2cc(CN3CC[C@H](c4cc(C(N)=O)c5ccccc5n4)C3)ccc21. The quantitative estimate of drug-likeness (QED) is 0.494. The van der Waals surface area contributed by atoms with Gasteiger partial charge in [0.15, 0.2) is 0 Å². The molecular formula is C26H29N5O2. The first-order valence-electron chi connectivity index (χ1n) is 11.6. The summed E-state index contributed by atoms with van der Waals surface area (Å²) in [4.78, 5) is 32.0. The molecule has 2 aromatic carbocycles. The van der Waals surface area contributed by atoms with E-state index in [-0.39, 0.29) is 11.6 Å². The van der Waals surface area contributed by atoms with Crippen LogP contribution >= 0.6 is 0 Å². The van der Waals surface area contributed by atoms with Gasteiger partial charge in [-0.3, -0.25) is 23.8 Å². The highest BCUT2D eigenvalue weighted by molar-refractivity contribution is 6.05. The lowest BCUT2D eigenvalue weighted by Gasteiger charge is -2.17. The van der Waals surface area contributed by atoms with Crippen LogP contribution in [-0.2, 0) is 19.6 Å². The van der Waals surface area contributed by atoms with Gasteiger partial charge in [-0.2, -0.15) is 0 Å². The summed E-state index contributed by atoms with van der Waals surface area (Å²) in [6.45, 7) is 7.99. The molecule has 4 aromatic rings. The number of imidazole rings is 1. The lowest BCUT2D eigenvalue weighted by Crippen LogP contribution is -2.23. The fraction of sp³-hybridized carbons (Fsp3) is 0.346. The van der Waals surface area contributed by atoms with Crippen molar-refractivity contribution >= 4 is 27.8 Å². The molecule has 0 radical (unpaired) electrons. The smallest absolute Gasteiger partial charge is 0.329 e. The molecule has 0 saturated carbocycles. The van der Waals surface area contributed by atoms with Crippen molar-refractivity contribution in [2.75, 3.05) is 13.1 Å². The maximum Gasteiger partial charge on any atom is 0.329 e. The van der Waals surface area contributed by atoms with Gasteiger partial charge in [0.1, 0.15) is 0 Å². The molecule has 2 N–H and O–H groups in total. The summed E-state index contributed by atoms with van der Waals surface area (Å²) in [6.07, 6.45) is 0.984. The predicted octanol–water partition coefficient (Wildman–Crippen LogP) is 3.48. The van der Waals surface area contributed by atoms with E-state index < -0.39 is 5.91 Å². The molecule has 0 unspecified atom stereocenters. The van der Waals surface area contributed by atoms with Crippen molar-refractivity contribution < 1.29 is 4.79 Å². The van der Waals surface area contributed by atoms with Crippen molar-refractivity contribution in [3.05, 3.63) is 75.8 Å². The molecule has 1 aliphatic heterocycles. The van der Waals surface area contributed by atoms with Gasteiger partial charge in [0.05, 0.1) is 22.1 Å². The third-order valence-corrected chi connectivity index (χ3v) is 6.81. The summed E-state index contributed by atoms with van der Waals surface area (Å²) in [5, 5.41) is 0.804. The molecule has 7 nitrogen and oxygen atoms in total. The van der Waals surface area contributed by atoms with E-state index in [9.17, 15) is 9.59 Å². The van der Waals surface area contributed by atoms with E-state index >= 15 is 0 Å². The standard InChI is InChI=1S/C26H29N5O2/c1-3-30-23-10-9-17(13-24(23)31(4-2)26(30)33)15-29-12-11-18(16-29)22-14-20(25(27)32)19-7-5-6-8-21(19)28-22/h5-10,13-14,18H,3-4,11-12,15-16H2,1-2H3,(H2,27,32)/t18-/m0/s1. The van der Waals surface area contributed by atoms with Crippen LogP contribution in [0.1, 0.15) is 47.8 Å². The molecule has 33 heavy (non-hydrogen) atoms. The first-order valence-corrected chi connectivity index (χ1v) is 11.6. The number of hydrogen-bond donors (Lipinski definition) is 1.